The number of ether oxygens (including phenoxy) is 1. The Morgan fingerprint density at radius 1 is 0.913 bits per heavy atom. The zero-order valence-corrected chi connectivity index (χ0v) is 26.4. The summed E-state index contributed by atoms with van der Waals surface area (Å²) in [5.41, 5.74) is 7.19. The van der Waals surface area contributed by atoms with E-state index in [1.807, 2.05) is 61.9 Å². The molecule has 46 heavy (non-hydrogen) atoms. The third-order valence-electron chi connectivity index (χ3n) is 9.02. The zero-order chi connectivity index (χ0) is 32.5. The minimum Gasteiger partial charge on any atom is -0.508 e. The van der Waals surface area contributed by atoms with Crippen LogP contribution >= 0.6 is 0 Å². The first-order chi connectivity index (χ1) is 22.2. The van der Waals surface area contributed by atoms with Gasteiger partial charge in [-0.25, -0.2) is 4.39 Å². The van der Waals surface area contributed by atoms with Crippen LogP contribution in [-0.4, -0.2) is 40.0 Å². The van der Waals surface area contributed by atoms with Crippen LogP contribution in [-0.2, 0) is 26.6 Å². The van der Waals surface area contributed by atoms with Crippen LogP contribution in [0.25, 0.3) is 11.3 Å². The third-order valence-corrected chi connectivity index (χ3v) is 9.02. The first-order valence-electron chi connectivity index (χ1n) is 15.2. The Morgan fingerprint density at radius 2 is 1.65 bits per heavy atom. The van der Waals surface area contributed by atoms with E-state index in [1.165, 1.54) is 23.8 Å². The van der Waals surface area contributed by atoms with Crippen molar-refractivity contribution < 1.29 is 23.8 Å². The lowest BCUT2D eigenvalue weighted by Crippen LogP contribution is -2.36. The maximum Gasteiger partial charge on any atom is 0.260 e. The number of phenolic OH excluding ortho intramolecular Hbond substituents is 1. The Kier molecular flexibility index (Phi) is 8.37. The predicted octanol–water partition coefficient (Wildman–Crippen LogP) is 7.21. The van der Waals surface area contributed by atoms with Crippen LogP contribution in [0.5, 0.6) is 11.5 Å². The number of phenols is 1. The lowest BCUT2D eigenvalue weighted by atomic mass is 9.97. The minimum atomic E-state index is -0.471. The summed E-state index contributed by atoms with van der Waals surface area (Å²) in [6, 6.07) is 26.2. The van der Waals surface area contributed by atoms with Crippen LogP contribution in [0.1, 0.15) is 48.7 Å². The molecule has 2 heterocycles. The largest absolute Gasteiger partial charge is 0.508 e. The van der Waals surface area contributed by atoms with E-state index in [0.717, 1.165) is 23.1 Å². The summed E-state index contributed by atoms with van der Waals surface area (Å²) in [7, 11) is 3.42. The summed E-state index contributed by atoms with van der Waals surface area (Å²) in [6.45, 7) is 5.07. The molecule has 0 fully saturated rings. The molecule has 1 aromatic heterocycles. The van der Waals surface area contributed by atoms with Gasteiger partial charge in [0.05, 0.1) is 19.2 Å². The molecular weight excluding hydrogens is 581 g/mol. The smallest absolute Gasteiger partial charge is 0.260 e. The molecule has 1 N–H and O–H groups in total. The van der Waals surface area contributed by atoms with Gasteiger partial charge in [0, 0.05) is 48.3 Å². The number of benzene rings is 4. The van der Waals surface area contributed by atoms with Gasteiger partial charge in [0.2, 0.25) is 0 Å². The molecule has 0 bridgehead atoms. The molecule has 0 spiro atoms. The maximum absolute atomic E-state index is 14.8. The van der Waals surface area contributed by atoms with Crippen molar-refractivity contribution >= 4 is 17.5 Å². The predicted molar refractivity (Wildman–Crippen MR) is 177 cm³/mol. The first-order valence-corrected chi connectivity index (χ1v) is 15.2. The molecule has 2 amide bonds. The van der Waals surface area contributed by atoms with E-state index in [0.29, 0.717) is 52.6 Å². The number of carbonyl (C=O) groups excluding carboxylic acids is 2. The van der Waals surface area contributed by atoms with Gasteiger partial charge < -0.3 is 24.2 Å². The van der Waals surface area contributed by atoms with Crippen LogP contribution in [0.4, 0.5) is 10.1 Å². The number of methoxy groups -OCH3 is 1. The van der Waals surface area contributed by atoms with Crippen LogP contribution in [0.3, 0.4) is 0 Å². The number of nitrogens with zero attached hydrogens (tertiary/aromatic N) is 3. The number of rotatable bonds is 7. The number of halogens is 1. The van der Waals surface area contributed by atoms with E-state index < -0.39 is 5.82 Å². The van der Waals surface area contributed by atoms with Crippen molar-refractivity contribution in [1.29, 1.82) is 0 Å². The van der Waals surface area contributed by atoms with Crippen molar-refractivity contribution in [2.75, 3.05) is 18.6 Å². The van der Waals surface area contributed by atoms with E-state index in [9.17, 15) is 19.1 Å². The van der Waals surface area contributed by atoms with Gasteiger partial charge in [-0.05, 0) is 97.1 Å². The Morgan fingerprint density at radius 3 is 2.39 bits per heavy atom. The molecule has 8 heteroatoms. The van der Waals surface area contributed by atoms with E-state index in [-0.39, 0.29) is 24.1 Å². The average Bonchev–Trinajstić information content (AvgIpc) is 3.37. The van der Waals surface area contributed by atoms with Crippen molar-refractivity contribution in [3.05, 3.63) is 136 Å². The second-order valence-corrected chi connectivity index (χ2v) is 11.7. The molecule has 0 saturated carbocycles. The van der Waals surface area contributed by atoms with Gasteiger partial charge >= 0.3 is 0 Å². The van der Waals surface area contributed by atoms with Crippen LogP contribution in [0, 0.1) is 19.7 Å². The quantitative estimate of drug-likeness (QED) is 0.210. The van der Waals surface area contributed by atoms with Crippen molar-refractivity contribution in [3.63, 3.8) is 0 Å². The van der Waals surface area contributed by atoms with Gasteiger partial charge in [0.25, 0.3) is 11.8 Å². The molecule has 4 aromatic carbocycles. The second-order valence-electron chi connectivity index (χ2n) is 11.7. The monoisotopic (exact) mass is 617 g/mol. The van der Waals surface area contributed by atoms with Gasteiger partial charge in [-0.1, -0.05) is 36.4 Å². The Labute approximate surface area is 268 Å². The molecular formula is C38H36FN3O4. The van der Waals surface area contributed by atoms with E-state index >= 15 is 0 Å². The van der Waals surface area contributed by atoms with Crippen molar-refractivity contribution in [2.24, 2.45) is 7.05 Å². The Bertz CT molecular complexity index is 1950. The number of hydrogen-bond donors (Lipinski definition) is 1. The molecule has 1 aliphatic heterocycles. The highest BCUT2D eigenvalue weighted by Crippen LogP contribution is 2.33. The number of carbonyl (C=O) groups is 2. The summed E-state index contributed by atoms with van der Waals surface area (Å²) < 4.78 is 22.2. The number of aromatic hydroxyl groups is 1. The molecule has 0 aliphatic carbocycles. The third kappa shape index (κ3) is 5.74. The Hall–Kier alpha value is -5.37. The van der Waals surface area contributed by atoms with E-state index in [2.05, 4.69) is 6.07 Å². The summed E-state index contributed by atoms with van der Waals surface area (Å²) in [5.74, 6) is -0.122. The maximum atomic E-state index is 14.8. The summed E-state index contributed by atoms with van der Waals surface area (Å²) >= 11 is 0. The molecule has 0 radical (unpaired) electrons. The number of anilines is 1. The lowest BCUT2D eigenvalue weighted by molar-refractivity contribution is 0.0735. The van der Waals surface area contributed by atoms with E-state index in [1.54, 1.807) is 47.2 Å². The number of fused-ring (bicyclic) bond motifs is 1. The highest BCUT2D eigenvalue weighted by Gasteiger charge is 2.28. The molecule has 7 nitrogen and oxygen atoms in total. The number of amides is 2. The molecule has 0 saturated heterocycles. The van der Waals surface area contributed by atoms with Gasteiger partial charge in [-0.2, -0.15) is 0 Å². The molecule has 6 rings (SSSR count). The summed E-state index contributed by atoms with van der Waals surface area (Å²) in [5, 5.41) is 9.96. The molecule has 5 aromatic rings. The number of hydrogen-bond acceptors (Lipinski definition) is 4. The van der Waals surface area contributed by atoms with Crippen molar-refractivity contribution in [1.82, 2.24) is 9.47 Å². The minimum absolute atomic E-state index is 0.0902. The fourth-order valence-electron chi connectivity index (χ4n) is 6.21. The highest BCUT2D eigenvalue weighted by molar-refractivity contribution is 6.08. The van der Waals surface area contributed by atoms with Gasteiger partial charge in [0.1, 0.15) is 17.3 Å². The summed E-state index contributed by atoms with van der Waals surface area (Å²) in [6.07, 6.45) is 0.750. The number of aromatic nitrogens is 1. The van der Waals surface area contributed by atoms with E-state index in [4.69, 9.17) is 4.74 Å². The fourth-order valence-corrected chi connectivity index (χ4v) is 6.21. The highest BCUT2D eigenvalue weighted by atomic mass is 19.1. The van der Waals surface area contributed by atoms with Gasteiger partial charge in [-0.15, -0.1) is 0 Å². The molecule has 234 valence electrons. The second kappa shape index (κ2) is 12.6. The van der Waals surface area contributed by atoms with Crippen LogP contribution in [0.2, 0.25) is 0 Å². The van der Waals surface area contributed by atoms with Gasteiger partial charge in [0.15, 0.2) is 0 Å². The molecule has 0 unspecified atom stereocenters. The summed E-state index contributed by atoms with van der Waals surface area (Å²) in [4.78, 5) is 31.8. The molecule has 0 atom stereocenters. The van der Waals surface area contributed by atoms with Crippen molar-refractivity contribution in [2.45, 2.75) is 33.4 Å². The average molecular weight is 618 g/mol. The zero-order valence-electron chi connectivity index (χ0n) is 26.4. The lowest BCUT2D eigenvalue weighted by Gasteiger charge is -2.29. The van der Waals surface area contributed by atoms with Crippen molar-refractivity contribution in [3.8, 4) is 22.8 Å². The fraction of sp³-hybridized carbons (Fsp3) is 0.211. The van der Waals surface area contributed by atoms with Crippen LogP contribution < -0.4 is 9.64 Å². The first kappa shape index (κ1) is 30.6. The Balaban J connectivity index is 1.39. The molecule has 1 aliphatic rings. The standard InChI is InChI=1S/C38H36FN3O4/c1-24-27(10-7-11-36(24)46-4)23-42(30-13-15-31(43)16-14-30)38(45)33-21-35(40(3)25(33)2)34-20-29(39)12-17-32(34)37(44)41-19-18-26-8-5-6-9-28(26)22-41/h5-17,20-21,43H,18-19,22-23H2,1-4H3. The topological polar surface area (TPSA) is 75.0 Å². The normalized spacial score (nSPS) is 12.5. The van der Waals surface area contributed by atoms with Crippen LogP contribution in [0.15, 0.2) is 91.0 Å². The van der Waals surface area contributed by atoms with Gasteiger partial charge in [-0.3, -0.25) is 9.59 Å². The SMILES string of the molecule is COc1cccc(CN(C(=O)c2cc(-c3cc(F)ccc3C(=O)N3CCc4ccccc4C3)n(C)c2C)c2ccc(O)cc2)c1C.